The molecular weight excluding hydrogens is 394 g/mol. The fourth-order valence-electron chi connectivity index (χ4n) is 3.34. The fraction of sp³-hybridized carbons (Fsp3) is 0.231. The Hall–Kier alpha value is -2.59. The van der Waals surface area contributed by atoms with Crippen molar-refractivity contribution < 1.29 is 9.38 Å². The monoisotopic (exact) mass is 421 g/mol. The SMILES string of the molecule is CC[N+]([O-])(CC)CCOc1ccc(/C(=C(/Cl)c2ccccc2)c2ccccc2)cc1. The Morgan fingerprint density at radius 2 is 1.27 bits per heavy atom. The summed E-state index contributed by atoms with van der Waals surface area (Å²) in [6, 6.07) is 28.0. The van der Waals surface area contributed by atoms with E-state index in [1.165, 1.54) is 0 Å². The van der Waals surface area contributed by atoms with Crippen molar-refractivity contribution in [2.24, 2.45) is 0 Å². The quantitative estimate of drug-likeness (QED) is 0.222. The molecule has 0 spiro atoms. The molecule has 0 saturated carbocycles. The van der Waals surface area contributed by atoms with E-state index < -0.39 is 0 Å². The molecule has 0 saturated heterocycles. The number of halogens is 1. The molecular formula is C26H28ClNO2. The molecule has 0 aliphatic carbocycles. The number of benzene rings is 3. The van der Waals surface area contributed by atoms with Gasteiger partial charge < -0.3 is 14.6 Å². The van der Waals surface area contributed by atoms with Crippen molar-refractivity contribution in [1.82, 2.24) is 0 Å². The van der Waals surface area contributed by atoms with E-state index in [2.05, 4.69) is 12.1 Å². The molecule has 0 N–H and O–H groups in total. The number of quaternary nitrogens is 1. The smallest absolute Gasteiger partial charge is 0.137 e. The number of nitrogens with zero attached hydrogens (tertiary/aromatic N) is 1. The van der Waals surface area contributed by atoms with Gasteiger partial charge in [0.2, 0.25) is 0 Å². The molecule has 0 aliphatic rings. The van der Waals surface area contributed by atoms with Gasteiger partial charge in [-0.2, -0.15) is 0 Å². The summed E-state index contributed by atoms with van der Waals surface area (Å²) in [6.07, 6.45) is 0. The van der Waals surface area contributed by atoms with Crippen molar-refractivity contribution in [3.05, 3.63) is 107 Å². The number of ether oxygens (including phenoxy) is 1. The minimum Gasteiger partial charge on any atom is -0.633 e. The summed E-state index contributed by atoms with van der Waals surface area (Å²) in [4.78, 5) is 0. The molecule has 0 unspecified atom stereocenters. The molecule has 4 heteroatoms. The molecule has 156 valence electrons. The van der Waals surface area contributed by atoms with E-state index in [9.17, 15) is 5.21 Å². The van der Waals surface area contributed by atoms with Crippen molar-refractivity contribution in [1.29, 1.82) is 0 Å². The van der Waals surface area contributed by atoms with Crippen LogP contribution in [0, 0.1) is 5.21 Å². The first kappa shape index (κ1) is 22.1. The van der Waals surface area contributed by atoms with Crippen LogP contribution < -0.4 is 4.74 Å². The molecule has 0 aliphatic heterocycles. The highest BCUT2D eigenvalue weighted by Crippen LogP contribution is 2.35. The lowest BCUT2D eigenvalue weighted by Gasteiger charge is -2.40. The highest BCUT2D eigenvalue weighted by molar-refractivity contribution is 6.53. The van der Waals surface area contributed by atoms with E-state index >= 15 is 0 Å². The molecule has 3 nitrogen and oxygen atoms in total. The maximum atomic E-state index is 12.4. The number of hydrogen-bond donors (Lipinski definition) is 0. The third-order valence-corrected chi connectivity index (χ3v) is 5.78. The lowest BCUT2D eigenvalue weighted by molar-refractivity contribution is -0.877. The highest BCUT2D eigenvalue weighted by Gasteiger charge is 2.14. The van der Waals surface area contributed by atoms with Crippen LogP contribution in [0.15, 0.2) is 84.9 Å². The minimum absolute atomic E-state index is 0.230. The summed E-state index contributed by atoms with van der Waals surface area (Å²) < 4.78 is 5.60. The van der Waals surface area contributed by atoms with E-state index in [0.717, 1.165) is 28.0 Å². The fourth-order valence-corrected chi connectivity index (χ4v) is 3.69. The van der Waals surface area contributed by atoms with Gasteiger partial charge in [-0.1, -0.05) is 84.4 Å². The van der Waals surface area contributed by atoms with E-state index in [-0.39, 0.29) is 4.65 Å². The maximum Gasteiger partial charge on any atom is 0.137 e. The third-order valence-electron chi connectivity index (χ3n) is 5.37. The molecule has 0 atom stereocenters. The standard InChI is InChI=1S/C26H28ClNO2/c1-3-28(29,4-2)19-20-30-24-17-15-22(16-18-24)25(21-11-7-5-8-12-21)26(27)23-13-9-6-10-14-23/h5-18H,3-4,19-20H2,1-2H3/b26-25+. The van der Waals surface area contributed by atoms with Crippen LogP contribution in [-0.4, -0.2) is 30.9 Å². The number of rotatable bonds is 9. The van der Waals surface area contributed by atoms with Crippen molar-refractivity contribution in [2.75, 3.05) is 26.2 Å². The van der Waals surface area contributed by atoms with E-state index in [4.69, 9.17) is 16.3 Å². The lowest BCUT2D eigenvalue weighted by atomic mass is 9.95. The molecule has 0 fully saturated rings. The van der Waals surface area contributed by atoms with E-state index in [1.807, 2.05) is 86.6 Å². The molecule has 3 aromatic carbocycles. The summed E-state index contributed by atoms with van der Waals surface area (Å²) in [5, 5.41) is 13.1. The van der Waals surface area contributed by atoms with E-state index in [0.29, 0.717) is 31.3 Å². The molecule has 0 heterocycles. The average molecular weight is 422 g/mol. The van der Waals surface area contributed by atoms with Crippen molar-refractivity contribution in [3.63, 3.8) is 0 Å². The third kappa shape index (κ3) is 5.51. The van der Waals surface area contributed by atoms with Gasteiger partial charge in [0.1, 0.15) is 18.9 Å². The molecule has 30 heavy (non-hydrogen) atoms. The van der Waals surface area contributed by atoms with Gasteiger partial charge >= 0.3 is 0 Å². The van der Waals surface area contributed by atoms with Crippen LogP contribution in [-0.2, 0) is 0 Å². The molecule has 0 aromatic heterocycles. The predicted octanol–water partition coefficient (Wildman–Crippen LogP) is 6.58. The molecule has 0 radical (unpaired) electrons. The first-order valence-corrected chi connectivity index (χ1v) is 10.7. The number of hydroxylamine groups is 3. The van der Waals surface area contributed by atoms with Gasteiger partial charge in [0, 0.05) is 5.57 Å². The Balaban J connectivity index is 1.85. The second-order valence-corrected chi connectivity index (χ2v) is 7.59. The van der Waals surface area contributed by atoms with Gasteiger partial charge in [-0.3, -0.25) is 0 Å². The molecule has 3 rings (SSSR count). The van der Waals surface area contributed by atoms with Crippen molar-refractivity contribution in [2.45, 2.75) is 13.8 Å². The highest BCUT2D eigenvalue weighted by atomic mass is 35.5. The van der Waals surface area contributed by atoms with E-state index in [1.54, 1.807) is 0 Å². The van der Waals surface area contributed by atoms with Crippen molar-refractivity contribution >= 4 is 22.2 Å². The van der Waals surface area contributed by atoms with Gasteiger partial charge in [0.25, 0.3) is 0 Å². The van der Waals surface area contributed by atoms with Gasteiger partial charge in [-0.15, -0.1) is 0 Å². The number of likely N-dealkylation sites (N-methyl/N-ethyl adjacent to an activating group) is 1. The summed E-state index contributed by atoms with van der Waals surface area (Å²) in [7, 11) is 0. The maximum absolute atomic E-state index is 12.4. The first-order chi connectivity index (χ1) is 14.6. The van der Waals surface area contributed by atoms with Crippen LogP contribution in [0.1, 0.15) is 30.5 Å². The second-order valence-electron chi connectivity index (χ2n) is 7.21. The number of hydrogen-bond acceptors (Lipinski definition) is 2. The van der Waals surface area contributed by atoms with Gasteiger partial charge in [0.15, 0.2) is 0 Å². The van der Waals surface area contributed by atoms with Crippen LogP contribution >= 0.6 is 11.6 Å². The van der Waals surface area contributed by atoms with Crippen LogP contribution in [0.5, 0.6) is 5.75 Å². The normalized spacial score (nSPS) is 12.4. The van der Waals surface area contributed by atoms with Gasteiger partial charge in [-0.05, 0) is 42.7 Å². The zero-order valence-electron chi connectivity index (χ0n) is 17.6. The first-order valence-electron chi connectivity index (χ1n) is 10.4. The summed E-state index contributed by atoms with van der Waals surface area (Å²) >= 11 is 6.86. The molecule has 0 bridgehead atoms. The van der Waals surface area contributed by atoms with Crippen LogP contribution in [0.4, 0.5) is 0 Å². The Morgan fingerprint density at radius 3 is 1.80 bits per heavy atom. The Bertz CT molecular complexity index is 949. The molecule has 3 aromatic rings. The average Bonchev–Trinajstić information content (AvgIpc) is 2.81. The summed E-state index contributed by atoms with van der Waals surface area (Å²) in [5.74, 6) is 0.751. The second kappa shape index (κ2) is 10.4. The van der Waals surface area contributed by atoms with Crippen LogP contribution in [0.3, 0.4) is 0 Å². The lowest BCUT2D eigenvalue weighted by Crippen LogP contribution is -2.44. The van der Waals surface area contributed by atoms with Gasteiger partial charge in [0.05, 0.1) is 18.1 Å². The van der Waals surface area contributed by atoms with Gasteiger partial charge in [-0.25, -0.2) is 0 Å². The topological polar surface area (TPSA) is 32.3 Å². The minimum atomic E-state index is -0.230. The zero-order valence-corrected chi connectivity index (χ0v) is 18.3. The largest absolute Gasteiger partial charge is 0.633 e. The summed E-state index contributed by atoms with van der Waals surface area (Å²) in [5.41, 5.74) is 4.02. The van der Waals surface area contributed by atoms with Crippen LogP contribution in [0.25, 0.3) is 10.6 Å². The Labute approximate surface area is 184 Å². The Morgan fingerprint density at radius 1 is 0.767 bits per heavy atom. The van der Waals surface area contributed by atoms with Crippen molar-refractivity contribution in [3.8, 4) is 5.75 Å². The van der Waals surface area contributed by atoms with Crippen LogP contribution in [0.2, 0.25) is 0 Å². The zero-order chi connectivity index (χ0) is 21.4. The predicted molar refractivity (Wildman–Crippen MR) is 126 cm³/mol. The molecule has 0 amide bonds. The summed E-state index contributed by atoms with van der Waals surface area (Å²) in [6.45, 7) is 5.79. The Kier molecular flexibility index (Phi) is 7.69.